The van der Waals surface area contributed by atoms with Gasteiger partial charge in [0.05, 0.1) is 23.3 Å². The second-order valence-corrected chi connectivity index (χ2v) is 6.07. The van der Waals surface area contributed by atoms with Crippen LogP contribution in [-0.4, -0.2) is 9.36 Å². The van der Waals surface area contributed by atoms with Gasteiger partial charge in [-0.1, -0.05) is 30.3 Å². The standard InChI is InChI=1S/C14H14N4S2/c1-9-11(19-8-17-9)7-16-14-12(13(15)18-20-14)10-5-3-2-4-6-10/h2-6,8,16H,7H2,1H3,(H2,15,18). The second kappa shape index (κ2) is 5.60. The van der Waals surface area contributed by atoms with Gasteiger partial charge < -0.3 is 11.1 Å². The number of anilines is 2. The second-order valence-electron chi connectivity index (χ2n) is 4.35. The minimum Gasteiger partial charge on any atom is -0.382 e. The maximum Gasteiger partial charge on any atom is 0.147 e. The molecule has 3 aromatic rings. The van der Waals surface area contributed by atoms with E-state index in [1.807, 2.05) is 42.8 Å². The van der Waals surface area contributed by atoms with E-state index in [4.69, 9.17) is 5.73 Å². The number of nitrogens with one attached hydrogen (secondary N) is 1. The largest absolute Gasteiger partial charge is 0.382 e. The number of aryl methyl sites for hydroxylation is 1. The highest BCUT2D eigenvalue weighted by molar-refractivity contribution is 7.11. The molecule has 4 nitrogen and oxygen atoms in total. The minimum atomic E-state index is 0.574. The van der Waals surface area contributed by atoms with Crippen molar-refractivity contribution in [1.29, 1.82) is 0 Å². The first-order chi connectivity index (χ1) is 9.75. The fourth-order valence-electron chi connectivity index (χ4n) is 1.96. The summed E-state index contributed by atoms with van der Waals surface area (Å²) in [5.74, 6) is 0.574. The van der Waals surface area contributed by atoms with Crippen LogP contribution in [0, 0.1) is 6.92 Å². The van der Waals surface area contributed by atoms with Crippen LogP contribution >= 0.6 is 22.9 Å². The number of aromatic nitrogens is 2. The fourth-order valence-corrected chi connectivity index (χ4v) is 3.41. The molecule has 2 heterocycles. The van der Waals surface area contributed by atoms with E-state index in [2.05, 4.69) is 14.7 Å². The highest BCUT2D eigenvalue weighted by atomic mass is 32.1. The van der Waals surface area contributed by atoms with Gasteiger partial charge in [-0.2, -0.15) is 4.37 Å². The number of thiazole rings is 1. The predicted molar refractivity (Wildman–Crippen MR) is 86.1 cm³/mol. The van der Waals surface area contributed by atoms with Crippen LogP contribution in [0.2, 0.25) is 0 Å². The highest BCUT2D eigenvalue weighted by Crippen LogP contribution is 2.36. The van der Waals surface area contributed by atoms with Gasteiger partial charge in [0, 0.05) is 4.88 Å². The summed E-state index contributed by atoms with van der Waals surface area (Å²) in [7, 11) is 0. The van der Waals surface area contributed by atoms with E-state index in [-0.39, 0.29) is 0 Å². The number of rotatable bonds is 4. The van der Waals surface area contributed by atoms with E-state index in [9.17, 15) is 0 Å². The summed E-state index contributed by atoms with van der Waals surface area (Å²) in [4.78, 5) is 5.49. The molecule has 0 radical (unpaired) electrons. The molecule has 0 aliphatic rings. The molecule has 0 bridgehead atoms. The molecule has 0 saturated carbocycles. The summed E-state index contributed by atoms with van der Waals surface area (Å²) in [6, 6.07) is 10.1. The molecule has 0 fully saturated rings. The van der Waals surface area contributed by atoms with Crippen molar-refractivity contribution in [1.82, 2.24) is 9.36 Å². The van der Waals surface area contributed by atoms with E-state index in [1.165, 1.54) is 16.4 Å². The number of hydrogen-bond donors (Lipinski definition) is 2. The Bertz CT molecular complexity index is 703. The van der Waals surface area contributed by atoms with Crippen LogP contribution in [-0.2, 0) is 6.54 Å². The first kappa shape index (κ1) is 13.1. The SMILES string of the molecule is Cc1ncsc1CNc1snc(N)c1-c1ccccc1. The lowest BCUT2D eigenvalue weighted by Crippen LogP contribution is -1.99. The van der Waals surface area contributed by atoms with Crippen LogP contribution in [0.15, 0.2) is 35.8 Å². The maximum absolute atomic E-state index is 6.00. The van der Waals surface area contributed by atoms with E-state index in [1.54, 1.807) is 11.3 Å². The van der Waals surface area contributed by atoms with Crippen LogP contribution in [0.5, 0.6) is 0 Å². The zero-order valence-corrected chi connectivity index (χ0v) is 12.6. The monoisotopic (exact) mass is 302 g/mol. The van der Waals surface area contributed by atoms with Crippen molar-refractivity contribution in [2.45, 2.75) is 13.5 Å². The molecule has 6 heteroatoms. The Morgan fingerprint density at radius 2 is 2.05 bits per heavy atom. The van der Waals surface area contributed by atoms with Crippen LogP contribution in [0.3, 0.4) is 0 Å². The van der Waals surface area contributed by atoms with Crippen molar-refractivity contribution in [3.8, 4) is 11.1 Å². The molecule has 102 valence electrons. The maximum atomic E-state index is 6.00. The van der Waals surface area contributed by atoms with Gasteiger partial charge in [-0.3, -0.25) is 0 Å². The van der Waals surface area contributed by atoms with Gasteiger partial charge in [-0.25, -0.2) is 4.98 Å². The number of hydrogen-bond acceptors (Lipinski definition) is 6. The third-order valence-electron chi connectivity index (χ3n) is 3.04. The Balaban J connectivity index is 1.86. The molecule has 0 aliphatic heterocycles. The molecule has 20 heavy (non-hydrogen) atoms. The molecule has 3 rings (SSSR count). The van der Waals surface area contributed by atoms with Gasteiger partial charge in [0.25, 0.3) is 0 Å². The third kappa shape index (κ3) is 2.52. The van der Waals surface area contributed by atoms with Crippen molar-refractivity contribution < 1.29 is 0 Å². The van der Waals surface area contributed by atoms with E-state index in [0.717, 1.165) is 28.4 Å². The highest BCUT2D eigenvalue weighted by Gasteiger charge is 2.13. The van der Waals surface area contributed by atoms with E-state index < -0.39 is 0 Å². The van der Waals surface area contributed by atoms with E-state index >= 15 is 0 Å². The Hall–Kier alpha value is -1.92. The lowest BCUT2D eigenvalue weighted by atomic mass is 10.1. The molecule has 0 saturated heterocycles. The Labute approximate surface area is 125 Å². The number of nitrogens with zero attached hydrogens (tertiary/aromatic N) is 2. The summed E-state index contributed by atoms with van der Waals surface area (Å²) in [6.07, 6.45) is 0. The Morgan fingerprint density at radius 1 is 1.25 bits per heavy atom. The minimum absolute atomic E-state index is 0.574. The molecule has 2 aromatic heterocycles. The number of nitrogens with two attached hydrogens (primary N) is 1. The zero-order chi connectivity index (χ0) is 13.9. The molecule has 0 amide bonds. The normalized spacial score (nSPS) is 10.7. The van der Waals surface area contributed by atoms with Crippen LogP contribution < -0.4 is 11.1 Å². The molecule has 0 unspecified atom stereocenters. The average molecular weight is 302 g/mol. The third-order valence-corrected chi connectivity index (χ3v) is 4.79. The van der Waals surface area contributed by atoms with Gasteiger partial charge >= 0.3 is 0 Å². The number of benzene rings is 1. The number of nitrogen functional groups attached to an aromatic ring is 1. The summed E-state index contributed by atoms with van der Waals surface area (Å²) in [5.41, 5.74) is 11.0. The summed E-state index contributed by atoms with van der Waals surface area (Å²) >= 11 is 3.05. The van der Waals surface area contributed by atoms with Crippen molar-refractivity contribution in [3.63, 3.8) is 0 Å². The van der Waals surface area contributed by atoms with Gasteiger partial charge in [-0.05, 0) is 24.0 Å². The summed E-state index contributed by atoms with van der Waals surface area (Å²) in [6.45, 7) is 2.77. The average Bonchev–Trinajstić information content (AvgIpc) is 3.03. The lowest BCUT2D eigenvalue weighted by Gasteiger charge is -2.06. The van der Waals surface area contributed by atoms with Crippen molar-refractivity contribution in [2.24, 2.45) is 0 Å². The van der Waals surface area contributed by atoms with Crippen molar-refractivity contribution in [2.75, 3.05) is 11.1 Å². The van der Waals surface area contributed by atoms with Gasteiger partial charge in [0.1, 0.15) is 10.8 Å². The topological polar surface area (TPSA) is 63.8 Å². The first-order valence-electron chi connectivity index (χ1n) is 6.19. The molecule has 3 N–H and O–H groups in total. The zero-order valence-electron chi connectivity index (χ0n) is 11.0. The Kier molecular flexibility index (Phi) is 3.66. The van der Waals surface area contributed by atoms with Crippen LogP contribution in [0.25, 0.3) is 11.1 Å². The fraction of sp³-hybridized carbons (Fsp3) is 0.143. The first-order valence-corrected chi connectivity index (χ1v) is 7.84. The summed E-state index contributed by atoms with van der Waals surface area (Å²) < 4.78 is 4.26. The van der Waals surface area contributed by atoms with Gasteiger partial charge in [0.15, 0.2) is 0 Å². The summed E-state index contributed by atoms with van der Waals surface area (Å²) in [5, 5.41) is 4.42. The molecule has 1 aromatic carbocycles. The molecular weight excluding hydrogens is 288 g/mol. The quantitative estimate of drug-likeness (QED) is 0.770. The van der Waals surface area contributed by atoms with Crippen LogP contribution in [0.1, 0.15) is 10.6 Å². The Morgan fingerprint density at radius 3 is 2.75 bits per heavy atom. The van der Waals surface area contributed by atoms with Gasteiger partial charge in [0.2, 0.25) is 0 Å². The molecule has 0 aliphatic carbocycles. The molecule has 0 spiro atoms. The predicted octanol–water partition coefficient (Wildman–Crippen LogP) is 3.77. The van der Waals surface area contributed by atoms with E-state index in [0.29, 0.717) is 5.82 Å². The van der Waals surface area contributed by atoms with Gasteiger partial charge in [-0.15, -0.1) is 11.3 Å². The van der Waals surface area contributed by atoms with Crippen molar-refractivity contribution >= 4 is 33.7 Å². The van der Waals surface area contributed by atoms with Crippen molar-refractivity contribution in [3.05, 3.63) is 46.4 Å². The lowest BCUT2D eigenvalue weighted by molar-refractivity contribution is 1.13. The van der Waals surface area contributed by atoms with Crippen LogP contribution in [0.4, 0.5) is 10.8 Å². The molecular formula is C14H14N4S2. The molecule has 0 atom stereocenters. The smallest absolute Gasteiger partial charge is 0.147 e.